The van der Waals surface area contributed by atoms with E-state index >= 15 is 0 Å². The standard InChI is InChI=1S/C26H23F3O3/c27-26(28,29)22-13-17(2-1-15(22)5-8-23(31)32)24(16-3-6-20(30)7-4-16)25-19-10-14-9-18(12-19)21(25)11-14/h1-8,13-14,18-19,21,30H,9-12H2,(H,31,32)/b8-5+,25-24-. The van der Waals surface area contributed by atoms with Gasteiger partial charge >= 0.3 is 12.1 Å². The Balaban J connectivity index is 1.70. The van der Waals surface area contributed by atoms with Crippen molar-refractivity contribution in [2.75, 3.05) is 0 Å². The number of carbonyl (C=O) groups is 1. The van der Waals surface area contributed by atoms with Crippen molar-refractivity contribution < 1.29 is 28.2 Å². The SMILES string of the molecule is O=C(O)/C=C/c1ccc(/C(=C2/C3CC4CC(C3)C2C4)c2ccc(O)cc2)cc1C(F)(F)F. The van der Waals surface area contributed by atoms with Crippen molar-refractivity contribution >= 4 is 17.6 Å². The summed E-state index contributed by atoms with van der Waals surface area (Å²) < 4.78 is 41.8. The lowest BCUT2D eigenvalue weighted by atomic mass is 9.75. The molecule has 0 aliphatic heterocycles. The van der Waals surface area contributed by atoms with Crippen LogP contribution in [-0.2, 0) is 11.0 Å². The first kappa shape index (κ1) is 20.9. The normalized spacial score (nSPS) is 28.0. The van der Waals surface area contributed by atoms with E-state index in [0.717, 1.165) is 54.5 Å². The predicted octanol–water partition coefficient (Wildman–Crippen LogP) is 6.38. The summed E-state index contributed by atoms with van der Waals surface area (Å²) in [6.45, 7) is 0. The molecule has 6 heteroatoms. The molecule has 0 aromatic heterocycles. The fourth-order valence-corrected chi connectivity index (χ4v) is 6.28. The van der Waals surface area contributed by atoms with E-state index < -0.39 is 17.7 Å². The molecular weight excluding hydrogens is 417 g/mol. The molecule has 0 spiro atoms. The highest BCUT2D eigenvalue weighted by Crippen LogP contribution is 2.62. The average Bonchev–Trinajstić information content (AvgIpc) is 3.15. The summed E-state index contributed by atoms with van der Waals surface area (Å²) in [7, 11) is 0. The largest absolute Gasteiger partial charge is 0.508 e. The van der Waals surface area contributed by atoms with Gasteiger partial charge in [-0.3, -0.25) is 0 Å². The smallest absolute Gasteiger partial charge is 0.417 e. The summed E-state index contributed by atoms with van der Waals surface area (Å²) in [5.74, 6) is 0.943. The number of aromatic hydroxyl groups is 1. The van der Waals surface area contributed by atoms with E-state index in [1.165, 1.54) is 18.1 Å². The zero-order valence-electron chi connectivity index (χ0n) is 17.3. The van der Waals surface area contributed by atoms with Gasteiger partial charge in [0.1, 0.15) is 5.75 Å². The number of aliphatic carboxylic acids is 1. The van der Waals surface area contributed by atoms with E-state index in [2.05, 4.69) is 0 Å². The number of benzene rings is 2. The number of phenols is 1. The van der Waals surface area contributed by atoms with E-state index in [1.54, 1.807) is 30.3 Å². The number of phenolic OH excluding ortho intramolecular Hbond substituents is 1. The monoisotopic (exact) mass is 440 g/mol. The van der Waals surface area contributed by atoms with Gasteiger partial charge in [-0.05, 0) is 95.9 Å². The van der Waals surface area contributed by atoms with Crippen molar-refractivity contribution in [3.05, 3.63) is 76.4 Å². The third-order valence-electron chi connectivity index (χ3n) is 7.33. The minimum absolute atomic E-state index is 0.108. The Hall–Kier alpha value is -3.02. The van der Waals surface area contributed by atoms with Gasteiger partial charge in [0.15, 0.2) is 0 Å². The van der Waals surface area contributed by atoms with Gasteiger partial charge in [0.2, 0.25) is 0 Å². The van der Waals surface area contributed by atoms with E-state index in [-0.39, 0.29) is 11.3 Å². The molecule has 4 atom stereocenters. The number of hydrogen-bond donors (Lipinski definition) is 2. The first-order valence-electron chi connectivity index (χ1n) is 10.9. The summed E-state index contributed by atoms with van der Waals surface area (Å²) in [4.78, 5) is 10.8. The van der Waals surface area contributed by atoms with E-state index in [1.807, 2.05) is 0 Å². The van der Waals surface area contributed by atoms with Crippen molar-refractivity contribution in [3.8, 4) is 5.75 Å². The summed E-state index contributed by atoms with van der Waals surface area (Å²) in [5.41, 5.74) is 2.36. The highest BCUT2D eigenvalue weighted by Gasteiger charge is 2.51. The van der Waals surface area contributed by atoms with Gasteiger partial charge in [0, 0.05) is 6.08 Å². The highest BCUT2D eigenvalue weighted by molar-refractivity contribution is 5.87. The number of alkyl halides is 3. The third-order valence-corrected chi connectivity index (χ3v) is 7.33. The number of carboxylic acid groups (broad SMARTS) is 1. The van der Waals surface area contributed by atoms with E-state index in [4.69, 9.17) is 5.11 Å². The maximum Gasteiger partial charge on any atom is 0.417 e. The Kier molecular flexibility index (Phi) is 4.91. The lowest BCUT2D eigenvalue weighted by Crippen LogP contribution is -2.17. The van der Waals surface area contributed by atoms with Crippen molar-refractivity contribution in [1.82, 2.24) is 0 Å². The minimum Gasteiger partial charge on any atom is -0.508 e. The van der Waals surface area contributed by atoms with Crippen LogP contribution in [0.4, 0.5) is 13.2 Å². The fourth-order valence-electron chi connectivity index (χ4n) is 6.28. The Bertz CT molecular complexity index is 1120. The second-order valence-corrected chi connectivity index (χ2v) is 9.22. The molecule has 0 saturated heterocycles. The Labute approximate surface area is 183 Å². The topological polar surface area (TPSA) is 57.5 Å². The predicted molar refractivity (Wildman–Crippen MR) is 115 cm³/mol. The minimum atomic E-state index is -4.62. The van der Waals surface area contributed by atoms with Gasteiger partial charge in [-0.25, -0.2) is 4.79 Å². The zero-order valence-corrected chi connectivity index (χ0v) is 17.3. The fraction of sp³-hybridized carbons (Fsp3) is 0.346. The Morgan fingerprint density at radius 2 is 1.69 bits per heavy atom. The first-order chi connectivity index (χ1) is 15.2. The molecule has 3 nitrogen and oxygen atoms in total. The lowest BCUT2D eigenvalue weighted by molar-refractivity contribution is -0.138. The number of hydrogen-bond acceptors (Lipinski definition) is 2. The molecule has 4 unspecified atom stereocenters. The summed E-state index contributed by atoms with van der Waals surface area (Å²) in [5, 5.41) is 18.6. The van der Waals surface area contributed by atoms with Gasteiger partial charge in [-0.1, -0.05) is 29.8 Å². The van der Waals surface area contributed by atoms with Gasteiger partial charge in [0.05, 0.1) is 5.56 Å². The van der Waals surface area contributed by atoms with Crippen LogP contribution >= 0.6 is 0 Å². The van der Waals surface area contributed by atoms with E-state index in [0.29, 0.717) is 23.3 Å². The number of allylic oxidation sites excluding steroid dienone is 1. The number of rotatable bonds is 4. The molecule has 6 rings (SSSR count). The van der Waals surface area contributed by atoms with Crippen LogP contribution in [0.25, 0.3) is 11.6 Å². The zero-order chi connectivity index (χ0) is 22.6. The lowest BCUT2D eigenvalue weighted by Gasteiger charge is -2.30. The first-order valence-corrected chi connectivity index (χ1v) is 10.9. The highest BCUT2D eigenvalue weighted by atomic mass is 19.4. The maximum atomic E-state index is 13.9. The molecule has 166 valence electrons. The van der Waals surface area contributed by atoms with Crippen LogP contribution in [0.3, 0.4) is 0 Å². The van der Waals surface area contributed by atoms with Crippen molar-refractivity contribution in [3.63, 3.8) is 0 Å². The molecule has 4 aliphatic rings. The number of halogens is 3. The molecule has 4 bridgehead atoms. The summed E-state index contributed by atoms with van der Waals surface area (Å²) in [6.07, 6.45) is 1.59. The summed E-state index contributed by atoms with van der Waals surface area (Å²) >= 11 is 0. The van der Waals surface area contributed by atoms with Crippen LogP contribution in [-0.4, -0.2) is 16.2 Å². The third kappa shape index (κ3) is 3.61. The molecule has 4 fully saturated rings. The molecule has 2 aromatic rings. The molecule has 4 saturated carbocycles. The van der Waals surface area contributed by atoms with Gasteiger partial charge in [-0.15, -0.1) is 0 Å². The van der Waals surface area contributed by atoms with Gasteiger partial charge in [0.25, 0.3) is 0 Å². The van der Waals surface area contributed by atoms with Gasteiger partial charge in [-0.2, -0.15) is 13.2 Å². The molecule has 0 radical (unpaired) electrons. The molecule has 0 heterocycles. The average molecular weight is 440 g/mol. The maximum absolute atomic E-state index is 13.9. The van der Waals surface area contributed by atoms with Crippen molar-refractivity contribution in [2.24, 2.45) is 23.7 Å². The molecule has 2 N–H and O–H groups in total. The van der Waals surface area contributed by atoms with Crippen LogP contribution in [0.1, 0.15) is 47.9 Å². The van der Waals surface area contributed by atoms with Crippen LogP contribution in [0, 0.1) is 23.7 Å². The Morgan fingerprint density at radius 3 is 2.34 bits per heavy atom. The molecule has 2 aromatic carbocycles. The van der Waals surface area contributed by atoms with Crippen LogP contribution < -0.4 is 0 Å². The molecule has 0 amide bonds. The van der Waals surface area contributed by atoms with Crippen LogP contribution in [0.5, 0.6) is 5.75 Å². The Morgan fingerprint density at radius 1 is 0.969 bits per heavy atom. The quantitative estimate of drug-likeness (QED) is 0.543. The van der Waals surface area contributed by atoms with Crippen molar-refractivity contribution in [2.45, 2.75) is 31.9 Å². The summed E-state index contributed by atoms with van der Waals surface area (Å²) in [6, 6.07) is 10.8. The van der Waals surface area contributed by atoms with Gasteiger partial charge < -0.3 is 10.2 Å². The van der Waals surface area contributed by atoms with Crippen LogP contribution in [0.2, 0.25) is 0 Å². The number of carboxylic acids is 1. The second kappa shape index (κ2) is 7.54. The van der Waals surface area contributed by atoms with Crippen molar-refractivity contribution in [1.29, 1.82) is 0 Å². The van der Waals surface area contributed by atoms with E-state index in [9.17, 15) is 23.1 Å². The molecule has 32 heavy (non-hydrogen) atoms. The molecule has 4 aliphatic carbocycles. The van der Waals surface area contributed by atoms with Crippen LogP contribution in [0.15, 0.2) is 54.1 Å². The molecular formula is C26H23F3O3. The second-order valence-electron chi connectivity index (χ2n) is 9.22.